The van der Waals surface area contributed by atoms with Crippen LogP contribution in [0.25, 0.3) is 0 Å². The van der Waals surface area contributed by atoms with Crippen LogP contribution in [0.2, 0.25) is 0 Å². The summed E-state index contributed by atoms with van der Waals surface area (Å²) in [4.78, 5) is 38.3. The largest absolute Gasteiger partial charge is 0.464 e. The molecule has 40 heavy (non-hydrogen) atoms. The molecular formula is C32H62N2O6. The smallest absolute Gasteiger partial charge is 0.305 e. The molecule has 0 bridgehead atoms. The van der Waals surface area contributed by atoms with Gasteiger partial charge in [0, 0.05) is 19.4 Å². The number of ether oxygens (including phenoxy) is 2. The highest BCUT2D eigenvalue weighted by atomic mass is 16.5. The zero-order valence-electron chi connectivity index (χ0n) is 26.0. The van der Waals surface area contributed by atoms with Crippen LogP contribution < -0.4 is 5.32 Å². The van der Waals surface area contributed by atoms with Gasteiger partial charge in [-0.05, 0) is 12.8 Å². The van der Waals surface area contributed by atoms with Crippen LogP contribution >= 0.6 is 0 Å². The van der Waals surface area contributed by atoms with Crippen molar-refractivity contribution in [2.24, 2.45) is 0 Å². The molecule has 0 saturated heterocycles. The minimum Gasteiger partial charge on any atom is -0.464 e. The van der Waals surface area contributed by atoms with Gasteiger partial charge in [0.25, 0.3) is 0 Å². The lowest BCUT2D eigenvalue weighted by molar-refractivity contribution is -0.147. The van der Waals surface area contributed by atoms with Crippen molar-refractivity contribution in [2.75, 3.05) is 46.0 Å². The molecular weight excluding hydrogens is 508 g/mol. The van der Waals surface area contributed by atoms with Crippen LogP contribution in [-0.4, -0.2) is 73.9 Å². The van der Waals surface area contributed by atoms with E-state index in [2.05, 4.69) is 19.2 Å². The Kier molecular flexibility index (Phi) is 29.0. The van der Waals surface area contributed by atoms with Crippen LogP contribution in [0.4, 0.5) is 0 Å². The summed E-state index contributed by atoms with van der Waals surface area (Å²) in [5, 5.41) is 11.8. The molecule has 0 atom stereocenters. The van der Waals surface area contributed by atoms with E-state index in [0.29, 0.717) is 19.4 Å². The second-order valence-electron chi connectivity index (χ2n) is 10.9. The molecule has 0 heterocycles. The molecule has 0 aromatic rings. The summed E-state index contributed by atoms with van der Waals surface area (Å²) in [7, 11) is 0. The lowest BCUT2D eigenvalue weighted by atomic mass is 10.1. The summed E-state index contributed by atoms with van der Waals surface area (Å²) in [6, 6.07) is 0. The molecule has 0 unspecified atom stereocenters. The van der Waals surface area contributed by atoms with Crippen molar-refractivity contribution in [3.8, 4) is 0 Å². The van der Waals surface area contributed by atoms with Crippen LogP contribution in [-0.2, 0) is 23.9 Å². The van der Waals surface area contributed by atoms with E-state index in [-0.39, 0.29) is 57.3 Å². The van der Waals surface area contributed by atoms with Crippen molar-refractivity contribution < 1.29 is 29.0 Å². The number of esters is 2. The van der Waals surface area contributed by atoms with Crippen LogP contribution in [0.5, 0.6) is 0 Å². The summed E-state index contributed by atoms with van der Waals surface area (Å²) in [5.74, 6) is -0.652. The summed E-state index contributed by atoms with van der Waals surface area (Å²) in [6.45, 7) is 5.52. The van der Waals surface area contributed by atoms with Gasteiger partial charge in [-0.3, -0.25) is 14.4 Å². The van der Waals surface area contributed by atoms with E-state index >= 15 is 0 Å². The Morgan fingerprint density at radius 3 is 1.35 bits per heavy atom. The first-order chi connectivity index (χ1) is 19.5. The van der Waals surface area contributed by atoms with E-state index in [1.165, 1.54) is 77.0 Å². The third-order valence-electron chi connectivity index (χ3n) is 7.13. The normalized spacial score (nSPS) is 11.0. The Labute approximate surface area is 245 Å². The highest BCUT2D eigenvalue weighted by Crippen LogP contribution is 2.12. The van der Waals surface area contributed by atoms with Crippen LogP contribution in [0, 0.1) is 0 Å². The Balaban J connectivity index is 4.09. The number of aliphatic hydroxyl groups is 1. The average Bonchev–Trinajstić information content (AvgIpc) is 2.94. The van der Waals surface area contributed by atoms with Crippen LogP contribution in [0.1, 0.15) is 142 Å². The molecule has 0 fully saturated rings. The van der Waals surface area contributed by atoms with Gasteiger partial charge in [-0.2, -0.15) is 0 Å². The molecule has 2 N–H and O–H groups in total. The molecule has 236 valence electrons. The maximum Gasteiger partial charge on any atom is 0.305 e. The van der Waals surface area contributed by atoms with Crippen LogP contribution in [0.15, 0.2) is 0 Å². The van der Waals surface area contributed by atoms with Gasteiger partial charge in [-0.25, -0.2) is 0 Å². The number of nitrogens with zero attached hydrogens (tertiary/aromatic N) is 1. The van der Waals surface area contributed by atoms with Gasteiger partial charge in [-0.15, -0.1) is 0 Å². The van der Waals surface area contributed by atoms with Gasteiger partial charge in [0.1, 0.15) is 13.2 Å². The van der Waals surface area contributed by atoms with Crippen molar-refractivity contribution in [1.82, 2.24) is 10.2 Å². The molecule has 0 radical (unpaired) electrons. The Morgan fingerprint density at radius 2 is 0.975 bits per heavy atom. The number of unbranched alkanes of at least 4 members (excludes halogenated alkanes) is 16. The molecule has 8 nitrogen and oxygen atoms in total. The molecule has 0 aliphatic carbocycles. The topological polar surface area (TPSA) is 105 Å². The number of rotatable bonds is 30. The third kappa shape index (κ3) is 26.5. The third-order valence-corrected chi connectivity index (χ3v) is 7.13. The Bertz CT molecular complexity index is 562. The lowest BCUT2D eigenvalue weighted by Crippen LogP contribution is -2.42. The molecule has 0 spiro atoms. The first-order valence-corrected chi connectivity index (χ1v) is 16.5. The molecule has 0 aromatic heterocycles. The zero-order valence-corrected chi connectivity index (χ0v) is 26.0. The number of hydrogen-bond acceptors (Lipinski definition) is 7. The fourth-order valence-electron chi connectivity index (χ4n) is 4.59. The average molecular weight is 571 g/mol. The van der Waals surface area contributed by atoms with E-state index < -0.39 is 0 Å². The molecule has 0 aromatic carbocycles. The number of carbonyl (C=O) groups is 3. The first-order valence-electron chi connectivity index (χ1n) is 16.5. The van der Waals surface area contributed by atoms with E-state index in [1.807, 2.05) is 0 Å². The lowest BCUT2D eigenvalue weighted by Gasteiger charge is -2.22. The van der Waals surface area contributed by atoms with Gasteiger partial charge in [-0.1, -0.05) is 117 Å². The summed E-state index contributed by atoms with van der Waals surface area (Å²) < 4.78 is 10.7. The van der Waals surface area contributed by atoms with E-state index in [4.69, 9.17) is 14.6 Å². The fraction of sp³-hybridized carbons (Fsp3) is 0.906. The molecule has 1 amide bonds. The SMILES string of the molecule is CCCCCCCCCCCC(=O)OCCN(CCOC(=O)CCCCCCCCCCC)C(=O)CNCCO. The maximum atomic E-state index is 12.6. The number of carbonyl (C=O) groups excluding carboxylic acids is 3. The van der Waals surface area contributed by atoms with Gasteiger partial charge in [0.05, 0.1) is 26.2 Å². The predicted molar refractivity (Wildman–Crippen MR) is 162 cm³/mol. The minimum atomic E-state index is -0.235. The Morgan fingerprint density at radius 1 is 0.600 bits per heavy atom. The first kappa shape index (κ1) is 38.3. The van der Waals surface area contributed by atoms with Gasteiger partial charge < -0.3 is 24.8 Å². The summed E-state index contributed by atoms with van der Waals surface area (Å²) in [5.41, 5.74) is 0. The van der Waals surface area contributed by atoms with Gasteiger partial charge in [0.2, 0.25) is 5.91 Å². The number of hydrogen-bond donors (Lipinski definition) is 2. The molecule has 0 saturated carbocycles. The number of nitrogens with one attached hydrogen (secondary N) is 1. The zero-order chi connectivity index (χ0) is 29.5. The fourth-order valence-corrected chi connectivity index (χ4v) is 4.59. The summed E-state index contributed by atoms with van der Waals surface area (Å²) in [6.07, 6.45) is 22.3. The second kappa shape index (κ2) is 30.3. The molecule has 0 aliphatic heterocycles. The highest BCUT2D eigenvalue weighted by molar-refractivity contribution is 5.78. The maximum absolute atomic E-state index is 12.6. The van der Waals surface area contributed by atoms with Crippen molar-refractivity contribution in [1.29, 1.82) is 0 Å². The monoisotopic (exact) mass is 570 g/mol. The standard InChI is InChI=1S/C32H62N2O6/c1-3-5-7-9-11-13-15-17-19-21-31(37)39-27-24-34(30(36)29-33-23-26-35)25-28-40-32(38)22-20-18-16-14-12-10-8-6-4-2/h33,35H,3-29H2,1-2H3. The second-order valence-corrected chi connectivity index (χ2v) is 10.9. The van der Waals surface area contributed by atoms with Crippen molar-refractivity contribution >= 4 is 17.8 Å². The van der Waals surface area contributed by atoms with E-state index in [0.717, 1.165) is 38.5 Å². The molecule has 0 rings (SSSR count). The van der Waals surface area contributed by atoms with Crippen molar-refractivity contribution in [3.05, 3.63) is 0 Å². The van der Waals surface area contributed by atoms with Gasteiger partial charge >= 0.3 is 11.9 Å². The predicted octanol–water partition coefficient (Wildman–Crippen LogP) is 6.33. The molecule has 8 heteroatoms. The number of amides is 1. The van der Waals surface area contributed by atoms with E-state index in [9.17, 15) is 14.4 Å². The minimum absolute atomic E-state index is 0.0553. The Hall–Kier alpha value is -1.67. The van der Waals surface area contributed by atoms with E-state index in [1.54, 1.807) is 4.90 Å². The highest BCUT2D eigenvalue weighted by Gasteiger charge is 2.15. The van der Waals surface area contributed by atoms with Gasteiger partial charge in [0.15, 0.2) is 0 Å². The number of aliphatic hydroxyl groups excluding tert-OH is 1. The van der Waals surface area contributed by atoms with Crippen molar-refractivity contribution in [3.63, 3.8) is 0 Å². The summed E-state index contributed by atoms with van der Waals surface area (Å²) >= 11 is 0. The van der Waals surface area contributed by atoms with Crippen LogP contribution in [0.3, 0.4) is 0 Å². The molecule has 0 aliphatic rings. The van der Waals surface area contributed by atoms with Crippen molar-refractivity contribution in [2.45, 2.75) is 142 Å². The quantitative estimate of drug-likeness (QED) is 0.0768.